The Bertz CT molecular complexity index is 1070. The molecule has 140 valence electrons. The Balaban J connectivity index is 1.31. The summed E-state index contributed by atoms with van der Waals surface area (Å²) in [5.41, 5.74) is 3.41. The second-order valence-electron chi connectivity index (χ2n) is 6.57. The molecule has 0 radical (unpaired) electrons. The summed E-state index contributed by atoms with van der Waals surface area (Å²) in [7, 11) is 0. The number of para-hydroxylation sites is 2. The smallest absolute Gasteiger partial charge is 0.224 e. The maximum atomic E-state index is 12.2. The summed E-state index contributed by atoms with van der Waals surface area (Å²) in [6.45, 7) is 2.02. The molecule has 0 aliphatic heterocycles. The predicted molar refractivity (Wildman–Crippen MR) is 109 cm³/mol. The van der Waals surface area contributed by atoms with E-state index in [-0.39, 0.29) is 5.91 Å². The van der Waals surface area contributed by atoms with Crippen molar-refractivity contribution >= 4 is 22.7 Å². The second-order valence-corrected chi connectivity index (χ2v) is 6.57. The van der Waals surface area contributed by atoms with Gasteiger partial charge in [0.15, 0.2) is 11.5 Å². The summed E-state index contributed by atoms with van der Waals surface area (Å²) >= 11 is 0. The van der Waals surface area contributed by atoms with E-state index in [2.05, 4.69) is 10.3 Å². The average Bonchev–Trinajstić information content (AvgIpc) is 3.11. The SMILES string of the molecule is Cc1cccc(Oc2ccc(NC(=O)CCc3nc4ccccc4o3)cc2)c1. The first kappa shape index (κ1) is 17.8. The summed E-state index contributed by atoms with van der Waals surface area (Å²) in [4.78, 5) is 16.6. The fourth-order valence-electron chi connectivity index (χ4n) is 2.89. The Hall–Kier alpha value is -3.60. The van der Waals surface area contributed by atoms with E-state index in [0.29, 0.717) is 18.7 Å². The first-order valence-corrected chi connectivity index (χ1v) is 9.15. The highest BCUT2D eigenvalue weighted by atomic mass is 16.5. The van der Waals surface area contributed by atoms with Gasteiger partial charge in [-0.15, -0.1) is 0 Å². The number of oxazole rings is 1. The molecule has 3 aromatic carbocycles. The lowest BCUT2D eigenvalue weighted by Gasteiger charge is -2.08. The molecule has 0 atom stereocenters. The van der Waals surface area contributed by atoms with Crippen LogP contribution in [0.15, 0.2) is 77.2 Å². The molecule has 0 aliphatic carbocycles. The molecule has 28 heavy (non-hydrogen) atoms. The van der Waals surface area contributed by atoms with Crippen molar-refractivity contribution in [1.82, 2.24) is 4.98 Å². The standard InChI is InChI=1S/C23H20N2O3/c1-16-5-4-6-19(15-16)27-18-11-9-17(10-12-18)24-22(26)13-14-23-25-20-7-2-3-8-21(20)28-23/h2-12,15H,13-14H2,1H3,(H,24,26). The number of nitrogens with zero attached hydrogens (tertiary/aromatic N) is 1. The number of ether oxygens (including phenoxy) is 1. The second kappa shape index (κ2) is 7.96. The van der Waals surface area contributed by atoms with Crippen LogP contribution in [0.3, 0.4) is 0 Å². The number of carbonyl (C=O) groups excluding carboxylic acids is 1. The minimum atomic E-state index is -0.0883. The predicted octanol–water partition coefficient (Wildman–Crippen LogP) is 5.50. The van der Waals surface area contributed by atoms with E-state index in [0.717, 1.165) is 33.8 Å². The molecular weight excluding hydrogens is 352 g/mol. The molecule has 0 unspecified atom stereocenters. The van der Waals surface area contributed by atoms with Crippen LogP contribution < -0.4 is 10.1 Å². The molecule has 4 rings (SSSR count). The van der Waals surface area contributed by atoms with Gasteiger partial charge in [0.1, 0.15) is 17.0 Å². The largest absolute Gasteiger partial charge is 0.457 e. The number of carbonyl (C=O) groups is 1. The topological polar surface area (TPSA) is 64.4 Å². The zero-order chi connectivity index (χ0) is 19.3. The molecule has 5 heteroatoms. The van der Waals surface area contributed by atoms with Crippen molar-refractivity contribution < 1.29 is 13.9 Å². The summed E-state index contributed by atoms with van der Waals surface area (Å²) in [6.07, 6.45) is 0.753. The number of fused-ring (bicyclic) bond motifs is 1. The van der Waals surface area contributed by atoms with Crippen LogP contribution in [-0.2, 0) is 11.2 Å². The molecule has 1 amide bonds. The molecule has 0 bridgehead atoms. The lowest BCUT2D eigenvalue weighted by molar-refractivity contribution is -0.116. The first-order chi connectivity index (χ1) is 13.7. The Kier molecular flexibility index (Phi) is 5.06. The third kappa shape index (κ3) is 4.38. The zero-order valence-corrected chi connectivity index (χ0v) is 15.5. The Morgan fingerprint density at radius 1 is 1.00 bits per heavy atom. The highest BCUT2D eigenvalue weighted by Crippen LogP contribution is 2.24. The van der Waals surface area contributed by atoms with Crippen LogP contribution in [0.4, 0.5) is 5.69 Å². The molecule has 0 saturated carbocycles. The third-order valence-electron chi connectivity index (χ3n) is 4.27. The number of anilines is 1. The number of aryl methyl sites for hydroxylation is 2. The lowest BCUT2D eigenvalue weighted by Crippen LogP contribution is -2.12. The zero-order valence-electron chi connectivity index (χ0n) is 15.5. The number of benzene rings is 3. The van der Waals surface area contributed by atoms with Crippen molar-refractivity contribution in [2.75, 3.05) is 5.32 Å². The van der Waals surface area contributed by atoms with Crippen molar-refractivity contribution in [2.45, 2.75) is 19.8 Å². The molecule has 0 spiro atoms. The van der Waals surface area contributed by atoms with Crippen molar-refractivity contribution in [2.24, 2.45) is 0 Å². The molecule has 1 heterocycles. The minimum absolute atomic E-state index is 0.0883. The van der Waals surface area contributed by atoms with Gasteiger partial charge in [0.25, 0.3) is 0 Å². The maximum Gasteiger partial charge on any atom is 0.224 e. The number of nitrogens with one attached hydrogen (secondary N) is 1. The fourth-order valence-corrected chi connectivity index (χ4v) is 2.89. The number of hydrogen-bond acceptors (Lipinski definition) is 4. The van der Waals surface area contributed by atoms with Gasteiger partial charge < -0.3 is 14.5 Å². The van der Waals surface area contributed by atoms with Gasteiger partial charge in [0, 0.05) is 18.5 Å². The maximum absolute atomic E-state index is 12.2. The van der Waals surface area contributed by atoms with Crippen LogP contribution >= 0.6 is 0 Å². The van der Waals surface area contributed by atoms with E-state index in [4.69, 9.17) is 9.15 Å². The molecule has 5 nitrogen and oxygen atoms in total. The van der Waals surface area contributed by atoms with Crippen LogP contribution in [0, 0.1) is 6.92 Å². The van der Waals surface area contributed by atoms with Gasteiger partial charge in [-0.05, 0) is 61.0 Å². The summed E-state index contributed by atoms with van der Waals surface area (Å²) < 4.78 is 11.5. The number of aromatic nitrogens is 1. The van der Waals surface area contributed by atoms with Gasteiger partial charge in [-0.2, -0.15) is 0 Å². The summed E-state index contributed by atoms with van der Waals surface area (Å²) in [5.74, 6) is 1.98. The highest BCUT2D eigenvalue weighted by molar-refractivity contribution is 5.90. The van der Waals surface area contributed by atoms with Crippen molar-refractivity contribution in [3.05, 3.63) is 84.3 Å². The normalized spacial score (nSPS) is 10.8. The third-order valence-corrected chi connectivity index (χ3v) is 4.27. The van der Waals surface area contributed by atoms with E-state index in [1.165, 1.54) is 0 Å². The van der Waals surface area contributed by atoms with Crippen molar-refractivity contribution in [3.63, 3.8) is 0 Å². The molecule has 1 aromatic heterocycles. The molecule has 0 saturated heterocycles. The first-order valence-electron chi connectivity index (χ1n) is 9.15. The van der Waals surface area contributed by atoms with Crippen LogP contribution in [0.25, 0.3) is 11.1 Å². The Morgan fingerprint density at radius 2 is 1.82 bits per heavy atom. The number of hydrogen-bond donors (Lipinski definition) is 1. The highest BCUT2D eigenvalue weighted by Gasteiger charge is 2.09. The molecular formula is C23H20N2O3. The Morgan fingerprint density at radius 3 is 2.61 bits per heavy atom. The Labute approximate surface area is 163 Å². The molecule has 0 fully saturated rings. The fraction of sp³-hybridized carbons (Fsp3) is 0.130. The summed E-state index contributed by atoms with van der Waals surface area (Å²) in [5, 5.41) is 2.88. The van der Waals surface area contributed by atoms with Gasteiger partial charge >= 0.3 is 0 Å². The van der Waals surface area contributed by atoms with E-state index in [9.17, 15) is 4.79 Å². The van der Waals surface area contributed by atoms with Gasteiger partial charge in [-0.25, -0.2) is 4.98 Å². The van der Waals surface area contributed by atoms with Crippen molar-refractivity contribution in [1.29, 1.82) is 0 Å². The average molecular weight is 372 g/mol. The van der Waals surface area contributed by atoms with Gasteiger partial charge in [-0.1, -0.05) is 24.3 Å². The van der Waals surface area contributed by atoms with Crippen LogP contribution in [0.5, 0.6) is 11.5 Å². The van der Waals surface area contributed by atoms with E-state index >= 15 is 0 Å². The monoisotopic (exact) mass is 372 g/mol. The van der Waals surface area contributed by atoms with Gasteiger partial charge in [-0.3, -0.25) is 4.79 Å². The van der Waals surface area contributed by atoms with Gasteiger partial charge in [0.05, 0.1) is 0 Å². The lowest BCUT2D eigenvalue weighted by atomic mass is 10.2. The van der Waals surface area contributed by atoms with Crippen LogP contribution in [-0.4, -0.2) is 10.9 Å². The number of rotatable bonds is 6. The van der Waals surface area contributed by atoms with Crippen LogP contribution in [0.2, 0.25) is 0 Å². The number of amides is 1. The molecule has 1 N–H and O–H groups in total. The minimum Gasteiger partial charge on any atom is -0.457 e. The molecule has 4 aromatic rings. The van der Waals surface area contributed by atoms with E-state index in [1.807, 2.05) is 79.7 Å². The summed E-state index contributed by atoms with van der Waals surface area (Å²) in [6, 6.07) is 22.7. The quantitative estimate of drug-likeness (QED) is 0.485. The van der Waals surface area contributed by atoms with E-state index < -0.39 is 0 Å². The van der Waals surface area contributed by atoms with Gasteiger partial charge in [0.2, 0.25) is 5.91 Å². The molecule has 0 aliphatic rings. The van der Waals surface area contributed by atoms with Crippen molar-refractivity contribution in [3.8, 4) is 11.5 Å². The van der Waals surface area contributed by atoms with E-state index in [1.54, 1.807) is 0 Å². The van der Waals surface area contributed by atoms with Crippen LogP contribution in [0.1, 0.15) is 17.9 Å².